The number of hydrogen-bond donors (Lipinski definition) is 2. The van der Waals surface area contributed by atoms with Crippen LogP contribution >= 0.6 is 0 Å². The highest BCUT2D eigenvalue weighted by Gasteiger charge is 2.27. The minimum Gasteiger partial charge on any atom is -0.496 e. The zero-order valence-corrected chi connectivity index (χ0v) is 11.1. The van der Waals surface area contributed by atoms with Gasteiger partial charge in [-0.05, 0) is 25.0 Å². The van der Waals surface area contributed by atoms with E-state index in [0.29, 0.717) is 24.4 Å². The second kappa shape index (κ2) is 5.73. The molecule has 1 aromatic carbocycles. The van der Waals surface area contributed by atoms with Gasteiger partial charge in [-0.15, -0.1) is 0 Å². The van der Waals surface area contributed by atoms with Crippen LogP contribution in [0.3, 0.4) is 0 Å². The van der Waals surface area contributed by atoms with Gasteiger partial charge >= 0.3 is 0 Å². The Hall–Kier alpha value is -2.04. The van der Waals surface area contributed by atoms with Crippen LogP contribution in [0.15, 0.2) is 24.3 Å². The molecule has 0 radical (unpaired) electrons. The fourth-order valence-corrected chi connectivity index (χ4v) is 2.41. The molecule has 0 spiro atoms. The summed E-state index contributed by atoms with van der Waals surface area (Å²) in [5, 5.41) is 7.52. The maximum atomic E-state index is 12.5. The van der Waals surface area contributed by atoms with Gasteiger partial charge in [0, 0.05) is 19.0 Å². The van der Waals surface area contributed by atoms with Crippen LogP contribution in [-0.4, -0.2) is 36.8 Å². The molecular formula is C14H19N3O2. The lowest BCUT2D eigenvalue weighted by atomic mass is 9.96. The fraction of sp³-hybridized carbons (Fsp3) is 0.429. The molecule has 19 heavy (non-hydrogen) atoms. The molecule has 0 aromatic heterocycles. The van der Waals surface area contributed by atoms with Crippen molar-refractivity contribution in [3.63, 3.8) is 0 Å². The smallest absolute Gasteiger partial charge is 0.257 e. The van der Waals surface area contributed by atoms with E-state index in [-0.39, 0.29) is 17.7 Å². The number of para-hydroxylation sites is 1. The van der Waals surface area contributed by atoms with Crippen LogP contribution < -0.4 is 10.5 Å². The number of hydrogen-bond acceptors (Lipinski definition) is 3. The summed E-state index contributed by atoms with van der Waals surface area (Å²) in [4.78, 5) is 14.2. The normalized spacial score (nSPS) is 19.0. The molecule has 3 N–H and O–H groups in total. The highest BCUT2D eigenvalue weighted by molar-refractivity contribution is 5.97. The van der Waals surface area contributed by atoms with Crippen LogP contribution in [0, 0.1) is 11.3 Å². The van der Waals surface area contributed by atoms with Crippen molar-refractivity contribution in [2.75, 3.05) is 20.2 Å². The molecular weight excluding hydrogens is 242 g/mol. The predicted octanol–water partition coefficient (Wildman–Crippen LogP) is 1.48. The topological polar surface area (TPSA) is 79.4 Å². The van der Waals surface area contributed by atoms with Crippen LogP contribution in [0.4, 0.5) is 0 Å². The monoisotopic (exact) mass is 261 g/mol. The molecule has 0 aliphatic carbocycles. The molecule has 0 saturated carbocycles. The second-order valence-corrected chi connectivity index (χ2v) is 4.75. The van der Waals surface area contributed by atoms with Gasteiger partial charge in [0.25, 0.3) is 5.91 Å². The lowest BCUT2D eigenvalue weighted by molar-refractivity contribution is 0.0699. The van der Waals surface area contributed by atoms with Gasteiger partial charge in [0.2, 0.25) is 0 Å². The predicted molar refractivity (Wildman–Crippen MR) is 73.5 cm³/mol. The number of rotatable bonds is 3. The van der Waals surface area contributed by atoms with Crippen LogP contribution in [0.5, 0.6) is 5.75 Å². The minimum absolute atomic E-state index is 0.0209. The largest absolute Gasteiger partial charge is 0.496 e. The Morgan fingerprint density at radius 2 is 2.21 bits per heavy atom. The Kier molecular flexibility index (Phi) is 4.04. The van der Waals surface area contributed by atoms with Crippen molar-refractivity contribution in [2.24, 2.45) is 11.7 Å². The van der Waals surface area contributed by atoms with E-state index in [4.69, 9.17) is 15.9 Å². The number of amidine groups is 1. The zero-order valence-electron chi connectivity index (χ0n) is 11.1. The van der Waals surface area contributed by atoms with Gasteiger partial charge in [0.1, 0.15) is 5.75 Å². The van der Waals surface area contributed by atoms with Crippen LogP contribution in [0.2, 0.25) is 0 Å². The first kappa shape index (κ1) is 13.4. The van der Waals surface area contributed by atoms with E-state index in [1.807, 2.05) is 12.1 Å². The number of ether oxygens (including phenoxy) is 1. The maximum absolute atomic E-state index is 12.5. The maximum Gasteiger partial charge on any atom is 0.257 e. The van der Waals surface area contributed by atoms with Crippen molar-refractivity contribution in [1.29, 1.82) is 5.41 Å². The molecule has 1 aliphatic rings. The van der Waals surface area contributed by atoms with Crippen molar-refractivity contribution in [3.8, 4) is 5.75 Å². The van der Waals surface area contributed by atoms with Crippen molar-refractivity contribution >= 4 is 11.7 Å². The Labute approximate surface area is 112 Å². The van der Waals surface area contributed by atoms with Crippen molar-refractivity contribution < 1.29 is 9.53 Å². The van der Waals surface area contributed by atoms with Crippen molar-refractivity contribution in [3.05, 3.63) is 29.8 Å². The molecule has 102 valence electrons. The standard InChI is InChI=1S/C14H19N3O2/c1-19-12-7-3-2-6-11(12)14(18)17-8-4-5-10(9-17)13(15)16/h2-3,6-7,10H,4-5,8-9H2,1H3,(H3,15,16). The molecule has 1 aromatic rings. The molecule has 5 heteroatoms. The van der Waals surface area contributed by atoms with Gasteiger partial charge in [-0.2, -0.15) is 0 Å². The van der Waals surface area contributed by atoms with E-state index >= 15 is 0 Å². The number of methoxy groups -OCH3 is 1. The second-order valence-electron chi connectivity index (χ2n) is 4.75. The molecule has 2 rings (SSSR count). The number of carbonyl (C=O) groups excluding carboxylic acids is 1. The van der Waals surface area contributed by atoms with Gasteiger partial charge in [0.05, 0.1) is 18.5 Å². The first-order valence-corrected chi connectivity index (χ1v) is 6.39. The Morgan fingerprint density at radius 1 is 1.47 bits per heavy atom. The zero-order chi connectivity index (χ0) is 13.8. The van der Waals surface area contributed by atoms with Crippen molar-refractivity contribution in [1.82, 2.24) is 4.90 Å². The molecule has 1 atom stereocenters. The summed E-state index contributed by atoms with van der Waals surface area (Å²) >= 11 is 0. The third-order valence-electron chi connectivity index (χ3n) is 3.49. The summed E-state index contributed by atoms with van der Waals surface area (Å²) in [6.45, 7) is 1.23. The first-order valence-electron chi connectivity index (χ1n) is 6.39. The van der Waals surface area contributed by atoms with E-state index in [2.05, 4.69) is 0 Å². The molecule has 1 amide bonds. The lowest BCUT2D eigenvalue weighted by Gasteiger charge is -2.32. The summed E-state index contributed by atoms with van der Waals surface area (Å²) in [6, 6.07) is 7.20. The summed E-state index contributed by atoms with van der Waals surface area (Å²) in [5.41, 5.74) is 6.11. The fourth-order valence-electron chi connectivity index (χ4n) is 2.41. The van der Waals surface area contributed by atoms with E-state index in [0.717, 1.165) is 12.8 Å². The number of carbonyl (C=O) groups is 1. The summed E-state index contributed by atoms with van der Waals surface area (Å²) in [6.07, 6.45) is 1.76. The first-order chi connectivity index (χ1) is 9.13. The van der Waals surface area contributed by atoms with E-state index in [9.17, 15) is 4.79 Å². The lowest BCUT2D eigenvalue weighted by Crippen LogP contribution is -2.44. The molecule has 0 bridgehead atoms. The molecule has 1 aliphatic heterocycles. The molecule has 5 nitrogen and oxygen atoms in total. The van der Waals surface area contributed by atoms with E-state index in [1.165, 1.54) is 0 Å². The Bertz CT molecular complexity index is 487. The van der Waals surface area contributed by atoms with Crippen molar-refractivity contribution in [2.45, 2.75) is 12.8 Å². The third-order valence-corrected chi connectivity index (χ3v) is 3.49. The van der Waals surface area contributed by atoms with E-state index < -0.39 is 0 Å². The molecule has 1 fully saturated rings. The summed E-state index contributed by atoms with van der Waals surface area (Å²) in [5.74, 6) is 0.672. The SMILES string of the molecule is COc1ccccc1C(=O)N1CCCC(C(=N)N)C1. The van der Waals surface area contributed by atoms with Gasteiger partial charge in [0.15, 0.2) is 0 Å². The Morgan fingerprint density at radius 3 is 2.89 bits per heavy atom. The Balaban J connectivity index is 2.17. The van der Waals surface area contributed by atoms with E-state index in [1.54, 1.807) is 24.1 Å². The average Bonchev–Trinajstić information content (AvgIpc) is 2.46. The summed E-state index contributed by atoms with van der Waals surface area (Å²) in [7, 11) is 1.56. The number of amides is 1. The number of nitrogens with two attached hydrogens (primary N) is 1. The summed E-state index contributed by atoms with van der Waals surface area (Å²) < 4.78 is 5.22. The molecule has 1 heterocycles. The van der Waals surface area contributed by atoms with Gasteiger partial charge in [-0.25, -0.2) is 0 Å². The van der Waals surface area contributed by atoms with Crippen LogP contribution in [-0.2, 0) is 0 Å². The third kappa shape index (κ3) is 2.86. The number of nitrogens with one attached hydrogen (secondary N) is 1. The van der Waals surface area contributed by atoms with Gasteiger partial charge in [-0.3, -0.25) is 10.2 Å². The average molecular weight is 261 g/mol. The highest BCUT2D eigenvalue weighted by atomic mass is 16.5. The number of benzene rings is 1. The van der Waals surface area contributed by atoms with Gasteiger partial charge in [-0.1, -0.05) is 12.1 Å². The number of likely N-dealkylation sites (tertiary alicyclic amines) is 1. The number of nitrogens with zero attached hydrogens (tertiary/aromatic N) is 1. The van der Waals surface area contributed by atoms with Crippen LogP contribution in [0.25, 0.3) is 0 Å². The quantitative estimate of drug-likeness (QED) is 0.639. The van der Waals surface area contributed by atoms with Crippen LogP contribution in [0.1, 0.15) is 23.2 Å². The molecule has 1 unspecified atom stereocenters. The minimum atomic E-state index is -0.0524. The molecule has 1 saturated heterocycles. The van der Waals surface area contributed by atoms with Gasteiger partial charge < -0.3 is 15.4 Å². The highest BCUT2D eigenvalue weighted by Crippen LogP contribution is 2.23. The number of piperidine rings is 1.